The minimum absolute atomic E-state index is 0.0661. The molecule has 6 heteroatoms. The summed E-state index contributed by atoms with van der Waals surface area (Å²) in [6.45, 7) is 4.27. The summed E-state index contributed by atoms with van der Waals surface area (Å²) in [4.78, 5) is 15.8. The second-order valence-electron chi connectivity index (χ2n) is 7.02. The molecule has 124 valence electrons. The molecule has 2 aromatic rings. The first-order valence-corrected chi connectivity index (χ1v) is 8.75. The molecule has 0 radical (unpaired) electrons. The monoisotopic (exact) mass is 323 g/mol. The molecule has 1 atom stereocenters. The van der Waals surface area contributed by atoms with Crippen molar-refractivity contribution in [3.8, 4) is 0 Å². The van der Waals surface area contributed by atoms with E-state index in [1.807, 2.05) is 24.3 Å². The molecule has 0 amide bonds. The van der Waals surface area contributed by atoms with Crippen LogP contribution in [0.25, 0.3) is 10.9 Å². The maximum atomic E-state index is 6.44. The van der Waals surface area contributed by atoms with Crippen molar-refractivity contribution < 1.29 is 4.74 Å². The molecule has 0 aliphatic carbocycles. The van der Waals surface area contributed by atoms with Crippen LogP contribution in [-0.4, -0.2) is 52.7 Å². The quantitative estimate of drug-likeness (QED) is 0.872. The largest absolute Gasteiger partial charge is 0.457 e. The Balaban J connectivity index is 1.42. The summed E-state index contributed by atoms with van der Waals surface area (Å²) in [6.07, 6.45) is 5.08. The SMILES string of the molecule is c1ccc2c(NC3=NCCC4(CN5CCC4CC5)O3)ncnc2c1. The van der Waals surface area contributed by atoms with E-state index in [1.54, 1.807) is 6.33 Å². The van der Waals surface area contributed by atoms with Gasteiger partial charge in [0.1, 0.15) is 17.7 Å². The van der Waals surface area contributed by atoms with E-state index >= 15 is 0 Å². The lowest BCUT2D eigenvalue weighted by Crippen LogP contribution is -2.62. The van der Waals surface area contributed by atoms with Gasteiger partial charge in [0.2, 0.25) is 0 Å². The summed E-state index contributed by atoms with van der Waals surface area (Å²) in [5.74, 6) is 1.41. The molecular formula is C18H21N5O. The van der Waals surface area contributed by atoms with E-state index in [1.165, 1.54) is 25.9 Å². The molecule has 3 fully saturated rings. The fourth-order valence-electron chi connectivity index (χ4n) is 4.42. The Hall–Kier alpha value is -2.21. The Kier molecular flexibility index (Phi) is 3.19. The highest BCUT2D eigenvalue weighted by Gasteiger charge is 2.50. The number of para-hydroxylation sites is 1. The smallest absolute Gasteiger partial charge is 0.291 e. The van der Waals surface area contributed by atoms with Gasteiger partial charge in [-0.05, 0) is 38.1 Å². The van der Waals surface area contributed by atoms with Crippen molar-refractivity contribution in [3.63, 3.8) is 0 Å². The maximum Gasteiger partial charge on any atom is 0.291 e. The number of nitrogens with one attached hydrogen (secondary N) is 1. The van der Waals surface area contributed by atoms with Crippen molar-refractivity contribution in [2.24, 2.45) is 10.9 Å². The predicted octanol–water partition coefficient (Wildman–Crippen LogP) is 2.28. The molecule has 24 heavy (non-hydrogen) atoms. The van der Waals surface area contributed by atoms with Gasteiger partial charge in [-0.25, -0.2) is 15.0 Å². The predicted molar refractivity (Wildman–Crippen MR) is 93.1 cm³/mol. The number of aliphatic imine (C=N–C) groups is 1. The molecule has 1 aromatic carbocycles. The van der Waals surface area contributed by atoms with E-state index in [0.29, 0.717) is 11.9 Å². The lowest BCUT2D eigenvalue weighted by Gasteiger charge is -2.53. The van der Waals surface area contributed by atoms with Gasteiger partial charge in [0.05, 0.1) is 5.52 Å². The standard InChI is InChI=1S/C18H21N5O/c1-2-4-15-14(3-1)16(21-12-20-15)22-17-19-8-7-18(24-17)11-23-9-5-13(18)6-10-23/h1-4,12-13H,5-11H2,(H,19,20,21,22). The third kappa shape index (κ3) is 2.24. The van der Waals surface area contributed by atoms with E-state index in [-0.39, 0.29) is 5.60 Å². The van der Waals surface area contributed by atoms with E-state index in [2.05, 4.69) is 25.2 Å². The van der Waals surface area contributed by atoms with E-state index in [4.69, 9.17) is 4.74 Å². The summed E-state index contributed by atoms with van der Waals surface area (Å²) < 4.78 is 6.44. The number of nitrogens with zero attached hydrogens (tertiary/aromatic N) is 4. The average Bonchev–Trinajstić information content (AvgIpc) is 2.63. The first-order chi connectivity index (χ1) is 11.8. The molecule has 6 rings (SSSR count). The summed E-state index contributed by atoms with van der Waals surface area (Å²) in [5.41, 5.74) is 0.854. The van der Waals surface area contributed by atoms with Crippen LogP contribution in [0.2, 0.25) is 0 Å². The Morgan fingerprint density at radius 1 is 1.17 bits per heavy atom. The molecule has 2 bridgehead atoms. The maximum absolute atomic E-state index is 6.44. The molecule has 4 aliphatic rings. The molecule has 1 N–H and O–H groups in total. The molecular weight excluding hydrogens is 302 g/mol. The zero-order chi connectivity index (χ0) is 16.0. The molecule has 5 heterocycles. The van der Waals surface area contributed by atoms with Crippen LogP contribution in [0.3, 0.4) is 0 Å². The van der Waals surface area contributed by atoms with Crippen molar-refractivity contribution in [2.75, 3.05) is 31.5 Å². The number of aromatic nitrogens is 2. The second kappa shape index (κ2) is 5.41. The van der Waals surface area contributed by atoms with Gasteiger partial charge in [-0.1, -0.05) is 12.1 Å². The minimum atomic E-state index is -0.0661. The summed E-state index contributed by atoms with van der Waals surface area (Å²) in [7, 11) is 0. The Bertz CT molecular complexity index is 794. The summed E-state index contributed by atoms with van der Waals surface area (Å²) >= 11 is 0. The molecule has 1 unspecified atom stereocenters. The third-order valence-corrected chi connectivity index (χ3v) is 5.68. The molecule has 0 saturated carbocycles. The molecule has 1 aromatic heterocycles. The lowest BCUT2D eigenvalue weighted by atomic mass is 9.73. The highest BCUT2D eigenvalue weighted by Crippen LogP contribution is 2.42. The fraction of sp³-hybridized carbons (Fsp3) is 0.500. The van der Waals surface area contributed by atoms with E-state index in [0.717, 1.165) is 36.2 Å². The summed E-state index contributed by atoms with van der Waals surface area (Å²) in [5, 5.41) is 4.30. The third-order valence-electron chi connectivity index (χ3n) is 5.68. The van der Waals surface area contributed by atoms with Crippen molar-refractivity contribution in [2.45, 2.75) is 24.9 Å². The first-order valence-electron chi connectivity index (χ1n) is 8.75. The summed E-state index contributed by atoms with van der Waals surface area (Å²) in [6, 6.07) is 8.59. The molecule has 3 saturated heterocycles. The molecule has 4 aliphatic heterocycles. The number of piperidine rings is 3. The highest BCUT2D eigenvalue weighted by atomic mass is 16.5. The number of amidine groups is 1. The van der Waals surface area contributed by atoms with Crippen molar-refractivity contribution >= 4 is 22.7 Å². The number of hydrogen-bond donors (Lipinski definition) is 1. The number of ether oxygens (including phenoxy) is 1. The van der Waals surface area contributed by atoms with Crippen LogP contribution in [-0.2, 0) is 4.74 Å². The van der Waals surface area contributed by atoms with Gasteiger partial charge in [0.25, 0.3) is 6.02 Å². The lowest BCUT2D eigenvalue weighted by molar-refractivity contribution is -0.109. The fourth-order valence-corrected chi connectivity index (χ4v) is 4.42. The van der Waals surface area contributed by atoms with E-state index < -0.39 is 0 Å². The Labute approximate surface area is 141 Å². The van der Waals surface area contributed by atoms with Crippen LogP contribution in [0.1, 0.15) is 19.3 Å². The average molecular weight is 323 g/mol. The Morgan fingerprint density at radius 3 is 2.88 bits per heavy atom. The van der Waals surface area contributed by atoms with E-state index in [9.17, 15) is 0 Å². The number of anilines is 1. The van der Waals surface area contributed by atoms with Crippen molar-refractivity contribution in [1.82, 2.24) is 14.9 Å². The zero-order valence-corrected chi connectivity index (χ0v) is 13.6. The Morgan fingerprint density at radius 2 is 2.04 bits per heavy atom. The minimum Gasteiger partial charge on any atom is -0.457 e. The van der Waals surface area contributed by atoms with Gasteiger partial charge in [-0.3, -0.25) is 10.2 Å². The van der Waals surface area contributed by atoms with Crippen molar-refractivity contribution in [1.29, 1.82) is 0 Å². The number of rotatable bonds is 1. The van der Waals surface area contributed by atoms with Gasteiger partial charge >= 0.3 is 0 Å². The van der Waals surface area contributed by atoms with Crippen molar-refractivity contribution in [3.05, 3.63) is 30.6 Å². The van der Waals surface area contributed by atoms with Gasteiger partial charge in [-0.2, -0.15) is 0 Å². The zero-order valence-electron chi connectivity index (χ0n) is 13.6. The normalized spacial score (nSPS) is 31.8. The highest BCUT2D eigenvalue weighted by molar-refractivity contribution is 5.98. The number of fused-ring (bicyclic) bond motifs is 3. The van der Waals surface area contributed by atoms with Crippen LogP contribution in [0, 0.1) is 5.92 Å². The molecule has 1 spiro atoms. The van der Waals surface area contributed by atoms with Gasteiger partial charge in [0.15, 0.2) is 0 Å². The van der Waals surface area contributed by atoms with Crippen LogP contribution >= 0.6 is 0 Å². The molecule has 6 nitrogen and oxygen atoms in total. The van der Waals surface area contributed by atoms with Gasteiger partial charge in [-0.15, -0.1) is 0 Å². The number of hydrogen-bond acceptors (Lipinski definition) is 6. The van der Waals surface area contributed by atoms with Crippen LogP contribution in [0.5, 0.6) is 0 Å². The topological polar surface area (TPSA) is 62.6 Å². The first kappa shape index (κ1) is 14.2. The number of benzene rings is 1. The van der Waals surface area contributed by atoms with Crippen LogP contribution in [0.15, 0.2) is 35.6 Å². The van der Waals surface area contributed by atoms with Gasteiger partial charge < -0.3 is 4.74 Å². The second-order valence-corrected chi connectivity index (χ2v) is 7.02. The van der Waals surface area contributed by atoms with Crippen LogP contribution in [0.4, 0.5) is 5.82 Å². The van der Waals surface area contributed by atoms with Gasteiger partial charge in [0, 0.05) is 30.8 Å². The van der Waals surface area contributed by atoms with Crippen LogP contribution < -0.4 is 5.32 Å².